The Balaban J connectivity index is 1.08. The van der Waals surface area contributed by atoms with Gasteiger partial charge in [0.25, 0.3) is 0 Å². The number of anilines is 3. The van der Waals surface area contributed by atoms with E-state index in [-0.39, 0.29) is 0 Å². The van der Waals surface area contributed by atoms with Gasteiger partial charge in [0.05, 0.1) is 16.7 Å². The number of para-hydroxylation sites is 2. The summed E-state index contributed by atoms with van der Waals surface area (Å²) >= 11 is 0. The quantitative estimate of drug-likeness (QED) is 0.172. The van der Waals surface area contributed by atoms with E-state index in [4.69, 9.17) is 4.42 Å². The first kappa shape index (κ1) is 31.2. The van der Waals surface area contributed by atoms with Crippen LogP contribution in [0.4, 0.5) is 17.1 Å². The van der Waals surface area contributed by atoms with Gasteiger partial charge in [0.15, 0.2) is 0 Å². The highest BCUT2D eigenvalue weighted by atomic mass is 16.3. The molecule has 2 heterocycles. The molecule has 0 aliphatic heterocycles. The second kappa shape index (κ2) is 12.6. The van der Waals surface area contributed by atoms with Crippen molar-refractivity contribution in [1.82, 2.24) is 4.57 Å². The Labute approximate surface area is 318 Å². The molecule has 3 nitrogen and oxygen atoms in total. The molecule has 0 spiro atoms. The Kier molecular flexibility index (Phi) is 7.17. The van der Waals surface area contributed by atoms with E-state index < -0.39 is 0 Å². The maximum atomic E-state index is 6.24. The second-order valence-electron chi connectivity index (χ2n) is 14.2. The zero-order valence-electron chi connectivity index (χ0n) is 29.9. The monoisotopic (exact) mass is 702 g/mol. The van der Waals surface area contributed by atoms with Crippen molar-refractivity contribution in [1.29, 1.82) is 0 Å². The van der Waals surface area contributed by atoms with Crippen LogP contribution in [0.25, 0.3) is 82.5 Å². The van der Waals surface area contributed by atoms with Crippen LogP contribution in [-0.4, -0.2) is 4.57 Å². The molecule has 3 heteroatoms. The lowest BCUT2D eigenvalue weighted by molar-refractivity contribution is 0.669. The van der Waals surface area contributed by atoms with Gasteiger partial charge in [0, 0.05) is 44.0 Å². The van der Waals surface area contributed by atoms with Crippen molar-refractivity contribution < 1.29 is 4.42 Å². The van der Waals surface area contributed by atoms with Gasteiger partial charge in [-0.05, 0) is 94.4 Å². The van der Waals surface area contributed by atoms with Gasteiger partial charge in [-0.1, -0.05) is 140 Å². The summed E-state index contributed by atoms with van der Waals surface area (Å²) in [6.45, 7) is 0. The summed E-state index contributed by atoms with van der Waals surface area (Å²) in [6, 6.07) is 74.0. The van der Waals surface area contributed by atoms with Crippen LogP contribution in [0, 0.1) is 0 Å². The van der Waals surface area contributed by atoms with E-state index in [1.54, 1.807) is 0 Å². The van der Waals surface area contributed by atoms with Crippen molar-refractivity contribution >= 4 is 71.6 Å². The SMILES string of the molecule is c1ccc(-c2ccc(N(c3cccc(-c4ccc5c6ccccc6n(-c6cccc7ccccc67)c5c4)c3)c3ccc4oc5ccccc5c4c3)cc2)cc1. The summed E-state index contributed by atoms with van der Waals surface area (Å²) in [5.74, 6) is 0. The van der Waals surface area contributed by atoms with Gasteiger partial charge in [-0.3, -0.25) is 0 Å². The first-order chi connectivity index (χ1) is 27.3. The zero-order valence-corrected chi connectivity index (χ0v) is 29.9. The fourth-order valence-electron chi connectivity index (χ4n) is 8.37. The topological polar surface area (TPSA) is 21.3 Å². The molecule has 0 N–H and O–H groups in total. The third-order valence-corrected chi connectivity index (χ3v) is 11.0. The van der Waals surface area contributed by atoms with Crippen LogP contribution in [0.3, 0.4) is 0 Å². The summed E-state index contributed by atoms with van der Waals surface area (Å²) in [5.41, 5.74) is 13.3. The lowest BCUT2D eigenvalue weighted by atomic mass is 10.0. The molecular formula is C52H34N2O. The summed E-state index contributed by atoms with van der Waals surface area (Å²) in [6.07, 6.45) is 0. The molecule has 0 fully saturated rings. The number of aromatic nitrogens is 1. The van der Waals surface area contributed by atoms with Crippen molar-refractivity contribution in [3.8, 4) is 27.9 Å². The Bertz CT molecular complexity index is 3200. The zero-order chi connectivity index (χ0) is 36.3. The number of rotatable bonds is 6. The molecule has 11 rings (SSSR count). The van der Waals surface area contributed by atoms with Crippen LogP contribution >= 0.6 is 0 Å². The fourth-order valence-corrected chi connectivity index (χ4v) is 8.37. The molecule has 0 bridgehead atoms. The van der Waals surface area contributed by atoms with Gasteiger partial charge in [0.2, 0.25) is 0 Å². The highest BCUT2D eigenvalue weighted by Crippen LogP contribution is 2.42. The van der Waals surface area contributed by atoms with Crippen molar-refractivity contribution in [2.45, 2.75) is 0 Å². The number of furan rings is 1. The van der Waals surface area contributed by atoms with Gasteiger partial charge in [0.1, 0.15) is 11.2 Å². The second-order valence-corrected chi connectivity index (χ2v) is 14.2. The molecule has 55 heavy (non-hydrogen) atoms. The maximum absolute atomic E-state index is 6.24. The summed E-state index contributed by atoms with van der Waals surface area (Å²) < 4.78 is 8.68. The van der Waals surface area contributed by atoms with Gasteiger partial charge < -0.3 is 13.9 Å². The molecule has 0 saturated heterocycles. The van der Waals surface area contributed by atoms with Gasteiger partial charge in [-0.25, -0.2) is 0 Å². The minimum Gasteiger partial charge on any atom is -0.456 e. The van der Waals surface area contributed by atoms with E-state index >= 15 is 0 Å². The van der Waals surface area contributed by atoms with E-state index in [0.717, 1.165) is 50.1 Å². The predicted molar refractivity (Wildman–Crippen MR) is 231 cm³/mol. The average Bonchev–Trinajstić information content (AvgIpc) is 3.79. The molecule has 0 saturated carbocycles. The molecule has 11 aromatic rings. The van der Waals surface area contributed by atoms with Crippen LogP contribution in [0.5, 0.6) is 0 Å². The molecule has 0 radical (unpaired) electrons. The molecular weight excluding hydrogens is 669 g/mol. The third-order valence-electron chi connectivity index (χ3n) is 11.0. The lowest BCUT2D eigenvalue weighted by Gasteiger charge is -2.26. The molecule has 9 aromatic carbocycles. The predicted octanol–water partition coefficient (Wildman–Crippen LogP) is 14.6. The van der Waals surface area contributed by atoms with Crippen molar-refractivity contribution in [2.75, 3.05) is 4.90 Å². The van der Waals surface area contributed by atoms with Crippen molar-refractivity contribution in [3.05, 3.63) is 206 Å². The maximum Gasteiger partial charge on any atom is 0.135 e. The van der Waals surface area contributed by atoms with E-state index in [0.29, 0.717) is 0 Å². The Morgan fingerprint density at radius 1 is 0.327 bits per heavy atom. The number of hydrogen-bond donors (Lipinski definition) is 0. The molecule has 0 unspecified atom stereocenters. The lowest BCUT2D eigenvalue weighted by Crippen LogP contribution is -2.10. The number of fused-ring (bicyclic) bond motifs is 7. The first-order valence-electron chi connectivity index (χ1n) is 18.8. The van der Waals surface area contributed by atoms with E-state index in [2.05, 4.69) is 204 Å². The van der Waals surface area contributed by atoms with Crippen molar-refractivity contribution in [3.63, 3.8) is 0 Å². The van der Waals surface area contributed by atoms with Crippen molar-refractivity contribution in [2.24, 2.45) is 0 Å². The van der Waals surface area contributed by atoms with Crippen LogP contribution in [0.1, 0.15) is 0 Å². The van der Waals surface area contributed by atoms with Crippen LogP contribution in [0.15, 0.2) is 211 Å². The van der Waals surface area contributed by atoms with Crippen LogP contribution < -0.4 is 4.90 Å². The Morgan fingerprint density at radius 3 is 1.82 bits per heavy atom. The smallest absolute Gasteiger partial charge is 0.135 e. The number of benzene rings is 9. The minimum absolute atomic E-state index is 0.882. The highest BCUT2D eigenvalue weighted by Gasteiger charge is 2.18. The van der Waals surface area contributed by atoms with E-state index in [1.165, 1.54) is 49.4 Å². The summed E-state index contributed by atoms with van der Waals surface area (Å²) in [5, 5.41) is 7.16. The molecule has 0 aliphatic carbocycles. The molecule has 0 amide bonds. The average molecular weight is 703 g/mol. The third kappa shape index (κ3) is 5.20. The minimum atomic E-state index is 0.882. The van der Waals surface area contributed by atoms with E-state index in [9.17, 15) is 0 Å². The Hall–Kier alpha value is -7.36. The first-order valence-corrected chi connectivity index (χ1v) is 18.8. The van der Waals surface area contributed by atoms with Gasteiger partial charge in [-0.2, -0.15) is 0 Å². The molecule has 0 atom stereocenters. The summed E-state index contributed by atoms with van der Waals surface area (Å²) in [7, 11) is 0. The van der Waals surface area contributed by atoms with Crippen LogP contribution in [-0.2, 0) is 0 Å². The molecule has 258 valence electrons. The highest BCUT2D eigenvalue weighted by molar-refractivity contribution is 6.12. The van der Waals surface area contributed by atoms with Gasteiger partial charge in [-0.15, -0.1) is 0 Å². The summed E-state index contributed by atoms with van der Waals surface area (Å²) in [4.78, 5) is 2.35. The van der Waals surface area contributed by atoms with Gasteiger partial charge >= 0.3 is 0 Å². The number of hydrogen-bond acceptors (Lipinski definition) is 2. The standard InChI is InChI=1S/C52H34N2O/c1-2-12-35(13-3-1)36-24-27-40(28-25-36)53(42-29-31-52-47(34-42)46-20-7-9-23-51(46)55-52)41-17-10-16-38(32-41)39-26-30-45-44-19-6-8-21-49(44)54(50(45)33-39)48-22-11-15-37-14-4-5-18-43(37)48/h1-34H. The Morgan fingerprint density at radius 2 is 0.927 bits per heavy atom. The largest absolute Gasteiger partial charge is 0.456 e. The van der Waals surface area contributed by atoms with E-state index in [1.807, 2.05) is 12.1 Å². The van der Waals surface area contributed by atoms with Crippen LogP contribution in [0.2, 0.25) is 0 Å². The molecule has 2 aromatic heterocycles. The number of nitrogens with zero attached hydrogens (tertiary/aromatic N) is 2. The molecule has 0 aliphatic rings. The fraction of sp³-hybridized carbons (Fsp3) is 0. The normalized spacial score (nSPS) is 11.6.